The fraction of sp³-hybridized carbons (Fsp3) is 0.105. The number of benzene rings is 2. The van der Waals surface area contributed by atoms with Crippen molar-refractivity contribution in [1.29, 1.82) is 0 Å². The molecule has 3 rings (SSSR count). The summed E-state index contributed by atoms with van der Waals surface area (Å²) in [6.07, 6.45) is 1.21. The number of nitrogens with zero attached hydrogens (tertiary/aromatic N) is 1. The molecule has 1 heterocycles. The Morgan fingerprint density at radius 3 is 2.64 bits per heavy atom. The first-order valence-electron chi connectivity index (χ1n) is 8.01. The minimum absolute atomic E-state index is 0.00779. The van der Waals surface area contributed by atoms with E-state index in [-0.39, 0.29) is 15.5 Å². The van der Waals surface area contributed by atoms with Crippen molar-refractivity contribution in [2.24, 2.45) is 0 Å². The van der Waals surface area contributed by atoms with Gasteiger partial charge in [0.05, 0.1) is 9.93 Å². The first kappa shape index (κ1) is 20.4. The van der Waals surface area contributed by atoms with Crippen LogP contribution in [0.3, 0.4) is 0 Å². The third-order valence-electron chi connectivity index (χ3n) is 3.91. The molecular weight excluding hydrogens is 426 g/mol. The zero-order valence-electron chi connectivity index (χ0n) is 14.5. The monoisotopic (exact) mass is 438 g/mol. The maximum Gasteiger partial charge on any atom is 0.294 e. The van der Waals surface area contributed by atoms with Gasteiger partial charge in [0.15, 0.2) is 0 Å². The predicted molar refractivity (Wildman–Crippen MR) is 109 cm³/mol. The van der Waals surface area contributed by atoms with Crippen molar-refractivity contribution in [3.63, 3.8) is 0 Å². The van der Waals surface area contributed by atoms with Gasteiger partial charge in [-0.15, -0.1) is 0 Å². The molecule has 0 atom stereocenters. The number of hydrogen-bond donors (Lipinski definition) is 1. The number of halogens is 3. The van der Waals surface area contributed by atoms with E-state index in [0.717, 1.165) is 10.5 Å². The lowest BCUT2D eigenvalue weighted by atomic mass is 10.2. The highest BCUT2D eigenvalue weighted by atomic mass is 35.5. The van der Waals surface area contributed by atoms with E-state index in [9.17, 15) is 18.8 Å². The lowest BCUT2D eigenvalue weighted by Gasteiger charge is -2.13. The fourth-order valence-electron chi connectivity index (χ4n) is 2.43. The Labute approximate surface area is 174 Å². The molecule has 0 aromatic heterocycles. The molecule has 0 saturated carbocycles. The number of anilines is 1. The molecule has 2 aromatic rings. The predicted octanol–water partition coefficient (Wildman–Crippen LogP) is 5.12. The fourth-order valence-corrected chi connectivity index (χ4v) is 3.65. The molecule has 1 saturated heterocycles. The van der Waals surface area contributed by atoms with Crippen molar-refractivity contribution in [2.75, 3.05) is 11.9 Å². The summed E-state index contributed by atoms with van der Waals surface area (Å²) in [4.78, 5) is 37.6. The lowest BCUT2D eigenvalue weighted by molar-refractivity contribution is -0.127. The van der Waals surface area contributed by atoms with Crippen LogP contribution in [0.1, 0.15) is 11.1 Å². The summed E-state index contributed by atoms with van der Waals surface area (Å²) >= 11 is 12.6. The topological polar surface area (TPSA) is 66.5 Å². The van der Waals surface area contributed by atoms with Gasteiger partial charge in [0, 0.05) is 16.3 Å². The van der Waals surface area contributed by atoms with E-state index >= 15 is 0 Å². The number of hydrogen-bond acceptors (Lipinski definition) is 4. The molecule has 1 aliphatic heterocycles. The number of amides is 3. The number of imide groups is 1. The molecule has 3 amide bonds. The molecule has 9 heteroatoms. The minimum Gasteiger partial charge on any atom is -0.324 e. The molecule has 144 valence electrons. The zero-order chi connectivity index (χ0) is 20.4. The lowest BCUT2D eigenvalue weighted by Crippen LogP contribution is -2.36. The van der Waals surface area contributed by atoms with Crippen LogP contribution in [0.25, 0.3) is 6.08 Å². The summed E-state index contributed by atoms with van der Waals surface area (Å²) in [5.74, 6) is -1.87. The minimum atomic E-state index is -0.689. The van der Waals surface area contributed by atoms with Gasteiger partial charge in [-0.05, 0) is 54.6 Å². The summed E-state index contributed by atoms with van der Waals surface area (Å²) in [6, 6.07) is 9.07. The summed E-state index contributed by atoms with van der Waals surface area (Å²) in [5, 5.41) is 2.55. The van der Waals surface area contributed by atoms with Gasteiger partial charge in [-0.3, -0.25) is 19.3 Å². The van der Waals surface area contributed by atoms with E-state index in [4.69, 9.17) is 23.2 Å². The molecule has 2 aromatic carbocycles. The molecule has 0 unspecified atom stereocenters. The molecular formula is C19H13Cl2FN2O3S. The maximum absolute atomic E-state index is 13.9. The van der Waals surface area contributed by atoms with Crippen LogP contribution in [-0.4, -0.2) is 28.5 Å². The molecule has 0 spiro atoms. The van der Waals surface area contributed by atoms with E-state index in [1.54, 1.807) is 18.2 Å². The first-order valence-corrected chi connectivity index (χ1v) is 9.59. The number of carbonyl (C=O) groups is 3. The van der Waals surface area contributed by atoms with Gasteiger partial charge in [0.1, 0.15) is 12.4 Å². The zero-order valence-corrected chi connectivity index (χ0v) is 16.8. The number of nitrogens with one attached hydrogen (secondary N) is 1. The molecule has 0 aliphatic carbocycles. The van der Waals surface area contributed by atoms with E-state index in [1.165, 1.54) is 24.3 Å². The third-order valence-corrected chi connectivity index (χ3v) is 5.55. The Kier molecular flexibility index (Phi) is 6.07. The Morgan fingerprint density at radius 1 is 1.21 bits per heavy atom. The van der Waals surface area contributed by atoms with Gasteiger partial charge >= 0.3 is 0 Å². The number of rotatable bonds is 4. The number of thioether (sulfide) groups is 1. The second kappa shape index (κ2) is 8.34. The molecule has 1 N–H and O–H groups in total. The molecule has 28 heavy (non-hydrogen) atoms. The largest absolute Gasteiger partial charge is 0.324 e. The summed E-state index contributed by atoms with van der Waals surface area (Å²) in [5.41, 5.74) is 1.30. The first-order chi connectivity index (χ1) is 13.3. The second-order valence-corrected chi connectivity index (χ2v) is 7.72. The van der Waals surface area contributed by atoms with Crippen LogP contribution in [0.2, 0.25) is 10.0 Å². The summed E-state index contributed by atoms with van der Waals surface area (Å²) in [6.45, 7) is 1.35. The Bertz CT molecular complexity index is 1010. The van der Waals surface area contributed by atoms with Gasteiger partial charge in [0.2, 0.25) is 5.91 Å². The van der Waals surface area contributed by atoms with Crippen LogP contribution < -0.4 is 5.32 Å². The normalized spacial score (nSPS) is 15.4. The van der Waals surface area contributed by atoms with Crippen LogP contribution in [-0.2, 0) is 9.59 Å². The highest BCUT2D eigenvalue weighted by Gasteiger charge is 2.36. The molecule has 1 fully saturated rings. The van der Waals surface area contributed by atoms with Crippen molar-refractivity contribution in [2.45, 2.75) is 6.92 Å². The van der Waals surface area contributed by atoms with Gasteiger partial charge < -0.3 is 5.32 Å². The smallest absolute Gasteiger partial charge is 0.294 e. The van der Waals surface area contributed by atoms with E-state index in [1.807, 2.05) is 6.92 Å². The number of carbonyl (C=O) groups excluding carboxylic acids is 3. The van der Waals surface area contributed by atoms with Gasteiger partial charge in [0.25, 0.3) is 11.1 Å². The van der Waals surface area contributed by atoms with Gasteiger partial charge in [-0.25, -0.2) is 4.39 Å². The molecule has 5 nitrogen and oxygen atoms in total. The summed E-state index contributed by atoms with van der Waals surface area (Å²) in [7, 11) is 0. The molecule has 0 bridgehead atoms. The second-order valence-electron chi connectivity index (χ2n) is 5.92. The third kappa shape index (κ3) is 4.38. The maximum atomic E-state index is 13.9. The summed E-state index contributed by atoms with van der Waals surface area (Å²) < 4.78 is 13.9. The number of aryl methyl sites for hydroxylation is 1. The quantitative estimate of drug-likeness (QED) is 0.672. The Balaban J connectivity index is 1.74. The highest BCUT2D eigenvalue weighted by Crippen LogP contribution is 2.34. The van der Waals surface area contributed by atoms with Crippen LogP contribution in [0, 0.1) is 12.7 Å². The average Bonchev–Trinajstić information content (AvgIpc) is 2.89. The SMILES string of the molecule is Cc1ccc(NC(=O)CN2C(=O)S/C(=C\c3c(F)cccc3Cl)C2=O)cc1Cl. The molecule has 1 aliphatic rings. The average molecular weight is 439 g/mol. The van der Waals surface area contributed by atoms with Crippen molar-refractivity contribution < 1.29 is 18.8 Å². The highest BCUT2D eigenvalue weighted by molar-refractivity contribution is 8.18. The Morgan fingerprint density at radius 2 is 1.96 bits per heavy atom. The van der Waals surface area contributed by atoms with Crippen LogP contribution >= 0.6 is 35.0 Å². The van der Waals surface area contributed by atoms with Crippen molar-refractivity contribution in [3.05, 3.63) is 68.3 Å². The van der Waals surface area contributed by atoms with Crippen LogP contribution in [0.15, 0.2) is 41.3 Å². The van der Waals surface area contributed by atoms with Crippen molar-refractivity contribution in [1.82, 2.24) is 4.90 Å². The van der Waals surface area contributed by atoms with Gasteiger partial charge in [-0.1, -0.05) is 35.3 Å². The Hall–Kier alpha value is -2.35. The van der Waals surface area contributed by atoms with Crippen LogP contribution in [0.5, 0.6) is 0 Å². The standard InChI is InChI=1S/C19H13Cl2FN2O3S/c1-10-5-6-11(7-14(10)21)23-17(25)9-24-18(26)16(28-19(24)27)8-12-13(20)3-2-4-15(12)22/h2-8H,9H2,1H3,(H,23,25)/b16-8-. The van der Waals surface area contributed by atoms with Crippen LogP contribution in [0.4, 0.5) is 14.9 Å². The van der Waals surface area contributed by atoms with E-state index in [2.05, 4.69) is 5.32 Å². The van der Waals surface area contributed by atoms with Crippen molar-refractivity contribution in [3.8, 4) is 0 Å². The van der Waals surface area contributed by atoms with E-state index in [0.29, 0.717) is 22.5 Å². The van der Waals surface area contributed by atoms with Gasteiger partial charge in [-0.2, -0.15) is 0 Å². The van der Waals surface area contributed by atoms with Crippen molar-refractivity contribution >= 4 is 63.8 Å². The molecule has 0 radical (unpaired) electrons. The van der Waals surface area contributed by atoms with E-state index < -0.39 is 29.4 Å².